The summed E-state index contributed by atoms with van der Waals surface area (Å²) in [5.74, 6) is -0.265. The molecule has 102 valence electrons. The Hall–Kier alpha value is -1.53. The van der Waals surface area contributed by atoms with Gasteiger partial charge in [-0.3, -0.25) is 5.43 Å². The van der Waals surface area contributed by atoms with Gasteiger partial charge in [0.2, 0.25) is 0 Å². The molecule has 2 N–H and O–H groups in total. The molecule has 6 heteroatoms. The summed E-state index contributed by atoms with van der Waals surface area (Å²) >= 11 is 5.07. The molecule has 1 fully saturated rings. The maximum atomic E-state index is 12.7. The lowest BCUT2D eigenvalue weighted by atomic mass is 10.2. The van der Waals surface area contributed by atoms with Crippen LogP contribution < -0.4 is 10.7 Å². The first kappa shape index (κ1) is 13.9. The first-order valence-corrected chi connectivity index (χ1v) is 6.59. The number of ether oxygens (including phenoxy) is 1. The Morgan fingerprint density at radius 1 is 1.47 bits per heavy atom. The number of benzene rings is 1. The molecular formula is C13H16FN3OS. The van der Waals surface area contributed by atoms with Gasteiger partial charge >= 0.3 is 0 Å². The second kappa shape index (κ2) is 7.16. The number of rotatable bonds is 4. The lowest BCUT2D eigenvalue weighted by Gasteiger charge is -2.11. The molecule has 0 bridgehead atoms. The third kappa shape index (κ3) is 4.92. The van der Waals surface area contributed by atoms with Crippen molar-refractivity contribution in [3.8, 4) is 0 Å². The van der Waals surface area contributed by atoms with E-state index in [9.17, 15) is 4.39 Å². The molecule has 0 aromatic heterocycles. The molecule has 2 rings (SSSR count). The van der Waals surface area contributed by atoms with Crippen molar-refractivity contribution >= 4 is 23.5 Å². The summed E-state index contributed by atoms with van der Waals surface area (Å²) in [6.07, 6.45) is 3.99. The first-order chi connectivity index (χ1) is 9.24. The Morgan fingerprint density at radius 3 is 2.95 bits per heavy atom. The second-order valence-corrected chi connectivity index (χ2v) is 4.67. The zero-order valence-corrected chi connectivity index (χ0v) is 11.3. The number of halogens is 1. The van der Waals surface area contributed by atoms with Crippen LogP contribution in [0.4, 0.5) is 4.39 Å². The molecule has 0 aliphatic carbocycles. The van der Waals surface area contributed by atoms with Crippen LogP contribution in [0, 0.1) is 5.82 Å². The summed E-state index contributed by atoms with van der Waals surface area (Å²) in [6, 6.07) is 6.05. The van der Waals surface area contributed by atoms with Crippen LogP contribution in [0.2, 0.25) is 0 Å². The molecule has 1 aliphatic rings. The van der Waals surface area contributed by atoms with E-state index in [0.717, 1.165) is 25.0 Å². The number of hydrogen-bond donors (Lipinski definition) is 2. The smallest absolute Gasteiger partial charge is 0.187 e. The van der Waals surface area contributed by atoms with Gasteiger partial charge in [-0.25, -0.2) is 4.39 Å². The Morgan fingerprint density at radius 2 is 2.26 bits per heavy atom. The lowest BCUT2D eigenvalue weighted by Crippen LogP contribution is -2.37. The molecule has 1 aliphatic heterocycles. The van der Waals surface area contributed by atoms with Crippen LogP contribution in [-0.2, 0) is 4.74 Å². The fourth-order valence-corrected chi connectivity index (χ4v) is 1.90. The van der Waals surface area contributed by atoms with Gasteiger partial charge in [-0.1, -0.05) is 12.1 Å². The van der Waals surface area contributed by atoms with Crippen molar-refractivity contribution in [3.63, 3.8) is 0 Å². The highest BCUT2D eigenvalue weighted by Gasteiger charge is 2.14. The minimum Gasteiger partial charge on any atom is -0.376 e. The molecule has 4 nitrogen and oxygen atoms in total. The molecule has 1 saturated heterocycles. The SMILES string of the molecule is Fc1ccc(C=NNC(=S)NCC2CCCO2)cc1. The molecule has 19 heavy (non-hydrogen) atoms. The Labute approximate surface area is 117 Å². The monoisotopic (exact) mass is 281 g/mol. The molecule has 1 atom stereocenters. The summed E-state index contributed by atoms with van der Waals surface area (Å²) in [4.78, 5) is 0. The summed E-state index contributed by atoms with van der Waals surface area (Å²) in [5.41, 5.74) is 3.51. The normalized spacial score (nSPS) is 18.7. The molecule has 1 unspecified atom stereocenters. The topological polar surface area (TPSA) is 45.7 Å². The van der Waals surface area contributed by atoms with Gasteiger partial charge in [-0.05, 0) is 42.8 Å². The van der Waals surface area contributed by atoms with Gasteiger partial charge in [-0.2, -0.15) is 5.10 Å². The zero-order valence-electron chi connectivity index (χ0n) is 10.4. The predicted molar refractivity (Wildman–Crippen MR) is 76.7 cm³/mol. The van der Waals surface area contributed by atoms with Gasteiger partial charge in [0.15, 0.2) is 5.11 Å². The standard InChI is InChI=1S/C13H16FN3OS/c14-11-5-3-10(4-6-11)8-16-17-13(19)15-9-12-2-1-7-18-12/h3-6,8,12H,1-2,7,9H2,(H2,15,17,19). The van der Waals surface area contributed by atoms with Crippen LogP contribution in [0.5, 0.6) is 0 Å². The molecule has 0 saturated carbocycles. The largest absolute Gasteiger partial charge is 0.376 e. The van der Waals surface area contributed by atoms with Gasteiger partial charge < -0.3 is 10.1 Å². The van der Waals surface area contributed by atoms with Crippen molar-refractivity contribution in [2.24, 2.45) is 5.10 Å². The minimum atomic E-state index is -0.265. The van der Waals surface area contributed by atoms with Crippen LogP contribution in [0.15, 0.2) is 29.4 Å². The highest BCUT2D eigenvalue weighted by Crippen LogP contribution is 2.10. The van der Waals surface area contributed by atoms with Crippen molar-refractivity contribution in [3.05, 3.63) is 35.6 Å². The number of thiocarbonyl (C=S) groups is 1. The molecule has 0 spiro atoms. The molecule has 1 aromatic carbocycles. The molecule has 0 amide bonds. The van der Waals surface area contributed by atoms with Crippen molar-refractivity contribution < 1.29 is 9.13 Å². The second-order valence-electron chi connectivity index (χ2n) is 4.27. The van der Waals surface area contributed by atoms with Crippen LogP contribution >= 0.6 is 12.2 Å². The first-order valence-electron chi connectivity index (χ1n) is 6.18. The predicted octanol–water partition coefficient (Wildman–Crippen LogP) is 1.80. The number of nitrogens with zero attached hydrogens (tertiary/aromatic N) is 1. The number of nitrogens with one attached hydrogen (secondary N) is 2. The highest BCUT2D eigenvalue weighted by atomic mass is 32.1. The van der Waals surface area contributed by atoms with E-state index in [1.807, 2.05) is 0 Å². The lowest BCUT2D eigenvalue weighted by molar-refractivity contribution is 0.114. The molecular weight excluding hydrogens is 265 g/mol. The van der Waals surface area contributed by atoms with Crippen molar-refractivity contribution in [2.75, 3.05) is 13.2 Å². The summed E-state index contributed by atoms with van der Waals surface area (Å²) < 4.78 is 18.1. The van der Waals surface area contributed by atoms with E-state index in [4.69, 9.17) is 17.0 Å². The van der Waals surface area contributed by atoms with Crippen molar-refractivity contribution in [1.29, 1.82) is 0 Å². The average Bonchev–Trinajstić information content (AvgIpc) is 2.92. The van der Waals surface area contributed by atoms with E-state index in [1.165, 1.54) is 12.1 Å². The van der Waals surface area contributed by atoms with Gasteiger partial charge in [0.25, 0.3) is 0 Å². The maximum Gasteiger partial charge on any atom is 0.187 e. The Balaban J connectivity index is 1.69. The molecule has 1 heterocycles. The van der Waals surface area contributed by atoms with Crippen LogP contribution in [0.3, 0.4) is 0 Å². The minimum absolute atomic E-state index is 0.237. The highest BCUT2D eigenvalue weighted by molar-refractivity contribution is 7.80. The van der Waals surface area contributed by atoms with E-state index < -0.39 is 0 Å². The van der Waals surface area contributed by atoms with Gasteiger partial charge in [0, 0.05) is 13.2 Å². The van der Waals surface area contributed by atoms with Gasteiger partial charge in [0.1, 0.15) is 5.82 Å². The summed E-state index contributed by atoms with van der Waals surface area (Å²) in [6.45, 7) is 1.52. The van der Waals surface area contributed by atoms with Crippen molar-refractivity contribution in [2.45, 2.75) is 18.9 Å². The third-order valence-corrected chi connectivity index (χ3v) is 3.00. The zero-order chi connectivity index (χ0) is 13.5. The molecule has 0 radical (unpaired) electrons. The van der Waals surface area contributed by atoms with Crippen molar-refractivity contribution in [1.82, 2.24) is 10.7 Å². The quantitative estimate of drug-likeness (QED) is 0.502. The maximum absolute atomic E-state index is 12.7. The van der Waals surface area contributed by atoms with E-state index in [2.05, 4.69) is 15.8 Å². The Kier molecular flexibility index (Phi) is 5.23. The number of hydrazone groups is 1. The van der Waals surface area contributed by atoms with E-state index in [0.29, 0.717) is 11.7 Å². The summed E-state index contributed by atoms with van der Waals surface area (Å²) in [5, 5.41) is 7.47. The fraction of sp³-hybridized carbons (Fsp3) is 0.385. The van der Waals surface area contributed by atoms with Gasteiger partial charge in [0.05, 0.1) is 12.3 Å². The van der Waals surface area contributed by atoms with Crippen LogP contribution in [-0.4, -0.2) is 30.6 Å². The molecule has 1 aromatic rings. The Bertz CT molecular complexity index is 444. The van der Waals surface area contributed by atoms with E-state index in [1.54, 1.807) is 18.3 Å². The van der Waals surface area contributed by atoms with Crippen LogP contribution in [0.25, 0.3) is 0 Å². The average molecular weight is 281 g/mol. The van der Waals surface area contributed by atoms with E-state index >= 15 is 0 Å². The van der Waals surface area contributed by atoms with Crippen LogP contribution in [0.1, 0.15) is 18.4 Å². The van der Waals surface area contributed by atoms with E-state index in [-0.39, 0.29) is 11.9 Å². The fourth-order valence-electron chi connectivity index (χ4n) is 1.77. The third-order valence-electron chi connectivity index (χ3n) is 2.76. The number of hydrogen-bond acceptors (Lipinski definition) is 3. The van der Waals surface area contributed by atoms with Gasteiger partial charge in [-0.15, -0.1) is 0 Å². The summed E-state index contributed by atoms with van der Waals surface area (Å²) in [7, 11) is 0.